The van der Waals surface area contributed by atoms with Crippen LogP contribution < -0.4 is 5.32 Å². The van der Waals surface area contributed by atoms with Crippen LogP contribution in [0.1, 0.15) is 21.8 Å². The number of rotatable bonds is 7. The summed E-state index contributed by atoms with van der Waals surface area (Å²) in [5.41, 5.74) is 3.91. The van der Waals surface area contributed by atoms with E-state index in [-0.39, 0.29) is 5.91 Å². The summed E-state index contributed by atoms with van der Waals surface area (Å²) in [6.45, 7) is 3.28. The number of hydrogen-bond donors (Lipinski definition) is 1. The Morgan fingerprint density at radius 2 is 2.00 bits per heavy atom. The standard InChI is InChI=1S/C20H22N2O2S/c1-15-18(20(23)21-14-17-9-6-11-24-17)13-19(22(15)10-12-25-2)16-7-4-3-5-8-16/h3-9,11,13H,10,12,14H2,1-2H3,(H,21,23). The molecule has 5 heteroatoms. The average Bonchev–Trinajstić information content (AvgIpc) is 3.27. The molecule has 2 heterocycles. The number of thioether (sulfide) groups is 1. The van der Waals surface area contributed by atoms with Gasteiger partial charge in [0.1, 0.15) is 5.76 Å². The lowest BCUT2D eigenvalue weighted by Crippen LogP contribution is -2.23. The zero-order chi connectivity index (χ0) is 17.6. The molecule has 0 aliphatic carbocycles. The Hall–Kier alpha value is -2.40. The molecule has 0 spiro atoms. The van der Waals surface area contributed by atoms with Crippen LogP contribution in [-0.2, 0) is 13.1 Å². The van der Waals surface area contributed by atoms with Crippen molar-refractivity contribution in [3.05, 3.63) is 71.8 Å². The molecular formula is C20H22N2O2S. The second-order valence-corrected chi connectivity index (χ2v) is 6.79. The molecule has 0 atom stereocenters. The minimum Gasteiger partial charge on any atom is -0.467 e. The van der Waals surface area contributed by atoms with Gasteiger partial charge < -0.3 is 14.3 Å². The second-order valence-electron chi connectivity index (χ2n) is 5.80. The molecule has 1 amide bonds. The highest BCUT2D eigenvalue weighted by Gasteiger charge is 2.18. The molecule has 4 nitrogen and oxygen atoms in total. The van der Waals surface area contributed by atoms with Crippen LogP contribution in [0, 0.1) is 6.92 Å². The fourth-order valence-corrected chi connectivity index (χ4v) is 3.23. The van der Waals surface area contributed by atoms with E-state index < -0.39 is 0 Å². The van der Waals surface area contributed by atoms with Gasteiger partial charge in [0.25, 0.3) is 5.91 Å². The molecule has 25 heavy (non-hydrogen) atoms. The molecule has 0 aliphatic heterocycles. The Kier molecular flexibility index (Phi) is 5.66. The number of carbonyl (C=O) groups excluding carboxylic acids is 1. The summed E-state index contributed by atoms with van der Waals surface area (Å²) in [7, 11) is 0. The zero-order valence-corrected chi connectivity index (χ0v) is 15.3. The van der Waals surface area contributed by atoms with Crippen molar-refractivity contribution < 1.29 is 9.21 Å². The first-order chi connectivity index (χ1) is 12.2. The number of nitrogens with one attached hydrogen (secondary N) is 1. The Morgan fingerprint density at radius 3 is 2.68 bits per heavy atom. The van der Waals surface area contributed by atoms with Gasteiger partial charge in [-0.2, -0.15) is 11.8 Å². The predicted molar refractivity (Wildman–Crippen MR) is 103 cm³/mol. The van der Waals surface area contributed by atoms with Crippen LogP contribution in [0.3, 0.4) is 0 Å². The van der Waals surface area contributed by atoms with Crippen LogP contribution in [0.5, 0.6) is 0 Å². The van der Waals surface area contributed by atoms with Gasteiger partial charge in [0, 0.05) is 23.7 Å². The van der Waals surface area contributed by atoms with Gasteiger partial charge in [-0.1, -0.05) is 30.3 Å². The highest BCUT2D eigenvalue weighted by atomic mass is 32.2. The van der Waals surface area contributed by atoms with E-state index in [1.54, 1.807) is 18.0 Å². The van der Waals surface area contributed by atoms with E-state index in [4.69, 9.17) is 4.42 Å². The van der Waals surface area contributed by atoms with Gasteiger partial charge in [-0.3, -0.25) is 4.79 Å². The van der Waals surface area contributed by atoms with Gasteiger partial charge in [0.15, 0.2) is 0 Å². The van der Waals surface area contributed by atoms with Crippen LogP contribution in [0.2, 0.25) is 0 Å². The monoisotopic (exact) mass is 354 g/mol. The molecule has 3 rings (SSSR count). The number of furan rings is 1. The highest BCUT2D eigenvalue weighted by Crippen LogP contribution is 2.26. The number of amides is 1. The van der Waals surface area contributed by atoms with E-state index in [2.05, 4.69) is 28.3 Å². The van der Waals surface area contributed by atoms with Crippen molar-refractivity contribution >= 4 is 17.7 Å². The molecule has 2 aromatic heterocycles. The Morgan fingerprint density at radius 1 is 1.20 bits per heavy atom. The summed E-state index contributed by atoms with van der Waals surface area (Å²) >= 11 is 1.80. The number of carbonyl (C=O) groups is 1. The molecule has 0 bridgehead atoms. The third-order valence-corrected chi connectivity index (χ3v) is 4.79. The molecular weight excluding hydrogens is 332 g/mol. The van der Waals surface area contributed by atoms with Gasteiger partial charge in [0.05, 0.1) is 18.4 Å². The van der Waals surface area contributed by atoms with Gasteiger partial charge in [0.2, 0.25) is 0 Å². The average molecular weight is 354 g/mol. The van der Waals surface area contributed by atoms with Gasteiger partial charge in [-0.05, 0) is 36.9 Å². The summed E-state index contributed by atoms with van der Waals surface area (Å²) in [5.74, 6) is 1.67. The van der Waals surface area contributed by atoms with E-state index >= 15 is 0 Å². The molecule has 0 unspecified atom stereocenters. The van der Waals surface area contributed by atoms with Crippen molar-refractivity contribution in [3.8, 4) is 11.3 Å². The maximum Gasteiger partial charge on any atom is 0.253 e. The van der Waals surface area contributed by atoms with Crippen molar-refractivity contribution in [2.24, 2.45) is 0 Å². The molecule has 0 saturated heterocycles. The van der Waals surface area contributed by atoms with Gasteiger partial charge >= 0.3 is 0 Å². The largest absolute Gasteiger partial charge is 0.467 e. The smallest absolute Gasteiger partial charge is 0.253 e. The fraction of sp³-hybridized carbons (Fsp3) is 0.250. The summed E-state index contributed by atoms with van der Waals surface area (Å²) in [5, 5.41) is 2.94. The second kappa shape index (κ2) is 8.12. The number of nitrogens with zero attached hydrogens (tertiary/aromatic N) is 1. The molecule has 3 aromatic rings. The lowest BCUT2D eigenvalue weighted by Gasteiger charge is -2.11. The van der Waals surface area contributed by atoms with E-state index in [0.717, 1.165) is 35.0 Å². The maximum atomic E-state index is 12.7. The SMILES string of the molecule is CSCCn1c(-c2ccccc2)cc(C(=O)NCc2ccco2)c1C. The normalized spacial score (nSPS) is 10.8. The van der Waals surface area contributed by atoms with E-state index in [9.17, 15) is 4.79 Å². The van der Waals surface area contributed by atoms with Crippen LogP contribution in [0.4, 0.5) is 0 Å². The van der Waals surface area contributed by atoms with Crippen LogP contribution in [0.25, 0.3) is 11.3 Å². The quantitative estimate of drug-likeness (QED) is 0.686. The minimum absolute atomic E-state index is 0.0750. The molecule has 130 valence electrons. The molecule has 0 saturated carbocycles. The van der Waals surface area contributed by atoms with Crippen LogP contribution >= 0.6 is 11.8 Å². The summed E-state index contributed by atoms with van der Waals surface area (Å²) in [6.07, 6.45) is 3.71. The number of benzene rings is 1. The highest BCUT2D eigenvalue weighted by molar-refractivity contribution is 7.98. The number of aromatic nitrogens is 1. The van der Waals surface area contributed by atoms with Crippen molar-refractivity contribution in [1.82, 2.24) is 9.88 Å². The Balaban J connectivity index is 1.88. The summed E-state index contributed by atoms with van der Waals surface area (Å²) in [6, 6.07) is 15.9. The van der Waals surface area contributed by atoms with E-state index in [1.165, 1.54) is 0 Å². The number of hydrogen-bond acceptors (Lipinski definition) is 3. The lowest BCUT2D eigenvalue weighted by atomic mass is 10.1. The van der Waals surface area contributed by atoms with E-state index in [0.29, 0.717) is 12.1 Å². The minimum atomic E-state index is -0.0750. The summed E-state index contributed by atoms with van der Waals surface area (Å²) < 4.78 is 7.51. The Labute approximate surface area is 152 Å². The van der Waals surface area contributed by atoms with Gasteiger partial charge in [-0.25, -0.2) is 0 Å². The molecule has 0 fully saturated rings. The molecule has 1 N–H and O–H groups in total. The third kappa shape index (κ3) is 3.99. The first-order valence-corrected chi connectivity index (χ1v) is 9.65. The van der Waals surface area contributed by atoms with E-state index in [1.807, 2.05) is 43.3 Å². The van der Waals surface area contributed by atoms with Gasteiger partial charge in [-0.15, -0.1) is 0 Å². The molecule has 0 radical (unpaired) electrons. The third-order valence-electron chi connectivity index (χ3n) is 4.20. The summed E-state index contributed by atoms with van der Waals surface area (Å²) in [4.78, 5) is 12.7. The van der Waals surface area contributed by atoms with Crippen molar-refractivity contribution in [2.75, 3.05) is 12.0 Å². The zero-order valence-electron chi connectivity index (χ0n) is 14.5. The van der Waals surface area contributed by atoms with Crippen LogP contribution in [0.15, 0.2) is 59.2 Å². The maximum absolute atomic E-state index is 12.7. The van der Waals surface area contributed by atoms with Crippen molar-refractivity contribution in [1.29, 1.82) is 0 Å². The first-order valence-electron chi connectivity index (χ1n) is 8.25. The Bertz CT molecular complexity index is 823. The van der Waals surface area contributed by atoms with Crippen LogP contribution in [-0.4, -0.2) is 22.5 Å². The predicted octanol–water partition coefficient (Wildman–Crippen LogP) is 4.35. The fourth-order valence-electron chi connectivity index (χ4n) is 2.87. The van der Waals surface area contributed by atoms with Crippen molar-refractivity contribution in [2.45, 2.75) is 20.0 Å². The lowest BCUT2D eigenvalue weighted by molar-refractivity contribution is 0.0947. The molecule has 0 aliphatic rings. The topological polar surface area (TPSA) is 47.2 Å². The molecule has 1 aromatic carbocycles. The van der Waals surface area contributed by atoms with Crippen molar-refractivity contribution in [3.63, 3.8) is 0 Å². The first kappa shape index (κ1) is 17.4.